The van der Waals surface area contributed by atoms with E-state index in [1.165, 1.54) is 5.69 Å². The van der Waals surface area contributed by atoms with Gasteiger partial charge < -0.3 is 9.64 Å². The molecular formula is C29H31N5O2. The quantitative estimate of drug-likeness (QED) is 0.351. The Morgan fingerprint density at radius 1 is 0.972 bits per heavy atom. The average molecular weight is 482 g/mol. The number of nitrogens with zero attached hydrogens (tertiary/aromatic N) is 5. The van der Waals surface area contributed by atoms with Crippen LogP contribution in [-0.2, 0) is 23.2 Å². The normalized spacial score (nSPS) is 13.4. The van der Waals surface area contributed by atoms with Gasteiger partial charge >= 0.3 is 5.97 Å². The molecule has 0 spiro atoms. The minimum atomic E-state index is -0.394. The number of rotatable bonds is 5. The van der Waals surface area contributed by atoms with Crippen molar-refractivity contribution in [2.75, 3.05) is 18.1 Å². The first-order valence-electron chi connectivity index (χ1n) is 12.4. The second kappa shape index (κ2) is 9.57. The average Bonchev–Trinajstić information content (AvgIpc) is 3.33. The molecule has 2 aromatic heterocycles. The fourth-order valence-electron chi connectivity index (χ4n) is 4.82. The zero-order chi connectivity index (χ0) is 25.3. The monoisotopic (exact) mass is 481 g/mol. The Bertz CT molecular complexity index is 1370. The van der Waals surface area contributed by atoms with Crippen LogP contribution in [0, 0.1) is 0 Å². The summed E-state index contributed by atoms with van der Waals surface area (Å²) in [6.45, 7) is 9.88. The summed E-state index contributed by atoms with van der Waals surface area (Å²) < 4.78 is 7.68. The van der Waals surface area contributed by atoms with E-state index in [1.807, 2.05) is 73.8 Å². The van der Waals surface area contributed by atoms with E-state index in [0.29, 0.717) is 30.2 Å². The Morgan fingerprint density at radius 3 is 2.28 bits per heavy atom. The van der Waals surface area contributed by atoms with Gasteiger partial charge in [0.15, 0.2) is 5.82 Å². The molecule has 0 saturated carbocycles. The third-order valence-electron chi connectivity index (χ3n) is 6.41. The van der Waals surface area contributed by atoms with Crippen molar-refractivity contribution in [3.05, 3.63) is 83.7 Å². The highest BCUT2D eigenvalue weighted by Gasteiger charge is 2.32. The molecule has 2 aromatic carbocycles. The van der Waals surface area contributed by atoms with Crippen LogP contribution in [0.15, 0.2) is 66.9 Å². The Hall–Kier alpha value is -4.00. The molecule has 36 heavy (non-hydrogen) atoms. The maximum atomic E-state index is 13.5. The van der Waals surface area contributed by atoms with E-state index in [0.717, 1.165) is 28.7 Å². The maximum Gasteiger partial charge on any atom is 0.342 e. The Labute approximate surface area is 211 Å². The van der Waals surface area contributed by atoms with Gasteiger partial charge in [0.2, 0.25) is 0 Å². The number of carbonyl (C=O) groups excluding carboxylic acids is 1. The van der Waals surface area contributed by atoms with Gasteiger partial charge in [-0.2, -0.15) is 5.10 Å². The largest absolute Gasteiger partial charge is 0.462 e. The fraction of sp³-hybridized carbons (Fsp3) is 0.310. The molecule has 0 atom stereocenters. The summed E-state index contributed by atoms with van der Waals surface area (Å²) >= 11 is 0. The van der Waals surface area contributed by atoms with Crippen LogP contribution in [0.25, 0.3) is 22.4 Å². The van der Waals surface area contributed by atoms with Crippen molar-refractivity contribution in [1.29, 1.82) is 0 Å². The summed E-state index contributed by atoms with van der Waals surface area (Å²) in [7, 11) is 0. The molecule has 0 unspecified atom stereocenters. The van der Waals surface area contributed by atoms with E-state index >= 15 is 0 Å². The predicted molar refractivity (Wildman–Crippen MR) is 141 cm³/mol. The van der Waals surface area contributed by atoms with E-state index < -0.39 is 5.97 Å². The summed E-state index contributed by atoms with van der Waals surface area (Å²) in [4.78, 5) is 15.7. The second-order valence-electron chi connectivity index (χ2n) is 9.95. The molecule has 5 rings (SSSR count). The first-order chi connectivity index (χ1) is 17.4. The van der Waals surface area contributed by atoms with Gasteiger partial charge in [-0.3, -0.25) is 4.68 Å². The molecule has 0 aliphatic carbocycles. The van der Waals surface area contributed by atoms with Crippen molar-refractivity contribution in [1.82, 2.24) is 20.0 Å². The van der Waals surface area contributed by atoms with Crippen LogP contribution in [0.3, 0.4) is 0 Å². The van der Waals surface area contributed by atoms with Crippen molar-refractivity contribution in [2.24, 2.45) is 0 Å². The first kappa shape index (κ1) is 23.7. The molecule has 0 saturated heterocycles. The van der Waals surface area contributed by atoms with Gasteiger partial charge in [0, 0.05) is 41.9 Å². The molecule has 184 valence electrons. The van der Waals surface area contributed by atoms with Crippen LogP contribution in [0.4, 0.5) is 5.82 Å². The van der Waals surface area contributed by atoms with Crippen molar-refractivity contribution in [3.63, 3.8) is 0 Å². The summed E-state index contributed by atoms with van der Waals surface area (Å²) in [5.41, 5.74) is 5.91. The van der Waals surface area contributed by atoms with E-state index in [9.17, 15) is 4.79 Å². The molecule has 3 heterocycles. The number of carbonyl (C=O) groups is 1. The molecule has 0 amide bonds. The highest BCUT2D eigenvalue weighted by atomic mass is 16.5. The smallest absolute Gasteiger partial charge is 0.342 e. The number of benzene rings is 2. The van der Waals surface area contributed by atoms with Gasteiger partial charge in [-0.1, -0.05) is 60.7 Å². The van der Waals surface area contributed by atoms with Gasteiger partial charge in [0.25, 0.3) is 0 Å². The van der Waals surface area contributed by atoms with Crippen molar-refractivity contribution in [3.8, 4) is 22.4 Å². The lowest BCUT2D eigenvalue weighted by molar-refractivity contribution is 0.0527. The number of fused-ring (bicyclic) bond motifs is 1. The molecule has 7 heteroatoms. The van der Waals surface area contributed by atoms with Gasteiger partial charge in [-0.25, -0.2) is 4.79 Å². The van der Waals surface area contributed by atoms with Crippen molar-refractivity contribution in [2.45, 2.75) is 46.2 Å². The van der Waals surface area contributed by atoms with E-state index in [2.05, 4.69) is 45.6 Å². The molecule has 0 bridgehead atoms. The van der Waals surface area contributed by atoms with Gasteiger partial charge in [0.1, 0.15) is 11.3 Å². The fourth-order valence-corrected chi connectivity index (χ4v) is 4.82. The zero-order valence-electron chi connectivity index (χ0n) is 21.2. The molecule has 1 aliphatic rings. The predicted octanol–water partition coefficient (Wildman–Crippen LogP) is 5.50. The molecular weight excluding hydrogens is 450 g/mol. The van der Waals surface area contributed by atoms with Crippen LogP contribution >= 0.6 is 0 Å². The molecule has 0 N–H and O–H groups in total. The lowest BCUT2D eigenvalue weighted by Crippen LogP contribution is -2.35. The molecule has 0 fully saturated rings. The third-order valence-corrected chi connectivity index (χ3v) is 6.41. The Balaban J connectivity index is 1.68. The zero-order valence-corrected chi connectivity index (χ0v) is 21.2. The van der Waals surface area contributed by atoms with Crippen LogP contribution in [0.5, 0.6) is 0 Å². The summed E-state index contributed by atoms with van der Waals surface area (Å²) in [6.07, 6.45) is 2.73. The summed E-state index contributed by atoms with van der Waals surface area (Å²) in [5, 5.41) is 14.0. The molecule has 4 aromatic rings. The highest BCUT2D eigenvalue weighted by Crippen LogP contribution is 2.38. The number of esters is 1. The standard InChI is InChI=1S/C29H31N5O2/c1-5-36-28(35)25-24(20-12-8-6-9-13-20)26(21-14-10-7-11-15-21)31-32-27(25)33-17-16-23-22(19-33)18-30-34(23)29(2,3)4/h6-15,18H,5,16-17,19H2,1-4H3. The summed E-state index contributed by atoms with van der Waals surface area (Å²) in [6, 6.07) is 19.7. The van der Waals surface area contributed by atoms with Crippen molar-refractivity contribution < 1.29 is 9.53 Å². The van der Waals surface area contributed by atoms with Gasteiger partial charge in [0.05, 0.1) is 18.3 Å². The molecule has 1 aliphatic heterocycles. The van der Waals surface area contributed by atoms with Crippen molar-refractivity contribution >= 4 is 11.8 Å². The number of ether oxygens (including phenoxy) is 1. The van der Waals surface area contributed by atoms with Crippen LogP contribution < -0.4 is 4.90 Å². The first-order valence-corrected chi connectivity index (χ1v) is 12.4. The topological polar surface area (TPSA) is 73.1 Å². The number of anilines is 1. The van der Waals surface area contributed by atoms with Crippen LogP contribution in [0.2, 0.25) is 0 Å². The lowest BCUT2D eigenvalue weighted by Gasteiger charge is -2.32. The van der Waals surface area contributed by atoms with E-state index in [4.69, 9.17) is 4.74 Å². The number of aromatic nitrogens is 4. The van der Waals surface area contributed by atoms with E-state index in [-0.39, 0.29) is 12.1 Å². The number of hydrogen-bond acceptors (Lipinski definition) is 6. The lowest BCUT2D eigenvalue weighted by atomic mass is 9.94. The minimum Gasteiger partial charge on any atom is -0.462 e. The second-order valence-corrected chi connectivity index (χ2v) is 9.95. The SMILES string of the molecule is CCOC(=O)c1c(N2CCc3c(cnn3C(C)(C)C)C2)nnc(-c2ccccc2)c1-c1ccccc1. The molecule has 7 nitrogen and oxygen atoms in total. The minimum absolute atomic E-state index is 0.0938. The van der Waals surface area contributed by atoms with Gasteiger partial charge in [-0.05, 0) is 33.3 Å². The third kappa shape index (κ3) is 4.37. The maximum absolute atomic E-state index is 13.5. The Kier molecular flexibility index (Phi) is 6.31. The number of hydrogen-bond donors (Lipinski definition) is 0. The Morgan fingerprint density at radius 2 is 1.64 bits per heavy atom. The highest BCUT2D eigenvalue weighted by molar-refractivity contribution is 6.05. The van der Waals surface area contributed by atoms with Gasteiger partial charge in [-0.15, -0.1) is 10.2 Å². The van der Waals surface area contributed by atoms with Crippen LogP contribution in [0.1, 0.15) is 49.3 Å². The molecule has 0 radical (unpaired) electrons. The van der Waals surface area contributed by atoms with Crippen LogP contribution in [-0.4, -0.2) is 39.1 Å². The van der Waals surface area contributed by atoms with E-state index in [1.54, 1.807) is 0 Å². The summed E-state index contributed by atoms with van der Waals surface area (Å²) in [5.74, 6) is 0.149.